The lowest BCUT2D eigenvalue weighted by Crippen LogP contribution is -2.14. The van der Waals surface area contributed by atoms with Gasteiger partial charge < -0.3 is 10.1 Å². The zero-order valence-corrected chi connectivity index (χ0v) is 11.5. The van der Waals surface area contributed by atoms with Gasteiger partial charge in [0.15, 0.2) is 0 Å². The molecule has 2 heterocycles. The van der Waals surface area contributed by atoms with Gasteiger partial charge in [0.1, 0.15) is 0 Å². The molecule has 2 aromatic heterocycles. The largest absolute Gasteiger partial charge is 0.464 e. The summed E-state index contributed by atoms with van der Waals surface area (Å²) in [6.07, 6.45) is 1.82. The number of thiazole rings is 1. The Morgan fingerprint density at radius 1 is 1.32 bits per heavy atom. The highest BCUT2D eigenvalue weighted by atomic mass is 32.1. The predicted molar refractivity (Wildman–Crippen MR) is 73.0 cm³/mol. The molecule has 102 valence electrons. The summed E-state index contributed by atoms with van der Waals surface area (Å²) in [4.78, 5) is 17.5. The van der Waals surface area contributed by atoms with Crippen LogP contribution in [-0.2, 0) is 6.54 Å². The first-order chi connectivity index (χ1) is 9.21. The summed E-state index contributed by atoms with van der Waals surface area (Å²) in [6.45, 7) is 4.87. The van der Waals surface area contributed by atoms with Gasteiger partial charge in [-0.05, 0) is 13.8 Å². The Kier molecular flexibility index (Phi) is 4.42. The zero-order valence-electron chi connectivity index (χ0n) is 10.7. The van der Waals surface area contributed by atoms with E-state index in [0.29, 0.717) is 19.1 Å². The van der Waals surface area contributed by atoms with Crippen molar-refractivity contribution >= 4 is 23.2 Å². The molecule has 0 aromatic carbocycles. The van der Waals surface area contributed by atoms with Crippen LogP contribution in [0.15, 0.2) is 6.20 Å². The van der Waals surface area contributed by atoms with E-state index in [9.17, 15) is 0 Å². The summed E-state index contributed by atoms with van der Waals surface area (Å²) in [7, 11) is 0. The van der Waals surface area contributed by atoms with Crippen molar-refractivity contribution < 1.29 is 4.74 Å². The van der Waals surface area contributed by atoms with E-state index in [-0.39, 0.29) is 12.0 Å². The normalized spacial score (nSPS) is 10.3. The molecule has 0 saturated heterocycles. The lowest BCUT2D eigenvalue weighted by molar-refractivity contribution is 0.312. The molecule has 0 saturated carbocycles. The number of hydrogen-bond acceptors (Lipinski definition) is 9. The van der Waals surface area contributed by atoms with Crippen LogP contribution >= 0.6 is 11.3 Å². The number of nitrogen functional groups attached to an aromatic ring is 1. The third kappa shape index (κ3) is 3.73. The lowest BCUT2D eigenvalue weighted by Gasteiger charge is -2.07. The van der Waals surface area contributed by atoms with Crippen molar-refractivity contribution in [1.29, 1.82) is 0 Å². The van der Waals surface area contributed by atoms with Crippen LogP contribution in [0, 0.1) is 6.92 Å². The van der Waals surface area contributed by atoms with E-state index in [1.807, 2.05) is 20.0 Å². The first-order valence-electron chi connectivity index (χ1n) is 5.72. The van der Waals surface area contributed by atoms with Crippen molar-refractivity contribution in [2.45, 2.75) is 20.4 Å². The first-order valence-corrected chi connectivity index (χ1v) is 6.53. The molecule has 0 aliphatic rings. The number of hydrogen-bond donors (Lipinski definition) is 3. The molecule has 4 N–H and O–H groups in total. The minimum Gasteiger partial charge on any atom is -0.464 e. The van der Waals surface area contributed by atoms with Crippen LogP contribution in [-0.4, -0.2) is 26.5 Å². The van der Waals surface area contributed by atoms with Crippen LogP contribution in [0.4, 0.5) is 11.9 Å². The number of aromatic nitrogens is 4. The van der Waals surface area contributed by atoms with Gasteiger partial charge in [0.05, 0.1) is 18.2 Å². The van der Waals surface area contributed by atoms with Crippen molar-refractivity contribution in [3.05, 3.63) is 16.1 Å². The first kappa shape index (κ1) is 13.4. The highest BCUT2D eigenvalue weighted by molar-refractivity contribution is 7.11. The lowest BCUT2D eigenvalue weighted by atomic mass is 10.5. The Bertz CT molecular complexity index is 544. The third-order valence-corrected chi connectivity index (χ3v) is 3.02. The van der Waals surface area contributed by atoms with Crippen molar-refractivity contribution in [2.75, 3.05) is 17.3 Å². The molecule has 0 aliphatic heterocycles. The van der Waals surface area contributed by atoms with E-state index in [0.717, 1.165) is 9.88 Å². The average molecular weight is 281 g/mol. The van der Waals surface area contributed by atoms with Gasteiger partial charge >= 0.3 is 6.01 Å². The van der Waals surface area contributed by atoms with Crippen LogP contribution in [0.3, 0.4) is 0 Å². The van der Waals surface area contributed by atoms with E-state index in [2.05, 4.69) is 30.7 Å². The summed E-state index contributed by atoms with van der Waals surface area (Å²) in [6, 6.07) is 0.230. The maximum absolute atomic E-state index is 5.30. The summed E-state index contributed by atoms with van der Waals surface area (Å²) < 4.78 is 5.24. The quantitative estimate of drug-likeness (QED) is 0.530. The highest BCUT2D eigenvalue weighted by Gasteiger charge is 2.07. The van der Waals surface area contributed by atoms with Gasteiger partial charge in [0.25, 0.3) is 0 Å². The third-order valence-electron chi connectivity index (χ3n) is 2.11. The summed E-state index contributed by atoms with van der Waals surface area (Å²) >= 11 is 1.62. The van der Waals surface area contributed by atoms with Gasteiger partial charge in [0, 0.05) is 11.1 Å². The van der Waals surface area contributed by atoms with Crippen LogP contribution < -0.4 is 21.3 Å². The Hall–Kier alpha value is -2.00. The van der Waals surface area contributed by atoms with Gasteiger partial charge in [-0.15, -0.1) is 11.3 Å². The molecule has 0 spiro atoms. The van der Waals surface area contributed by atoms with Gasteiger partial charge in [-0.3, -0.25) is 5.43 Å². The molecule has 0 bridgehead atoms. The summed E-state index contributed by atoms with van der Waals surface area (Å²) in [5.74, 6) is 5.95. The number of ether oxygens (including phenoxy) is 1. The molecule has 2 rings (SSSR count). The second kappa shape index (κ2) is 6.25. The number of hydrazine groups is 1. The highest BCUT2D eigenvalue weighted by Crippen LogP contribution is 2.15. The zero-order chi connectivity index (χ0) is 13.7. The number of anilines is 2. The number of aryl methyl sites for hydroxylation is 1. The molecule has 0 radical (unpaired) electrons. The maximum atomic E-state index is 5.30. The van der Waals surface area contributed by atoms with Crippen LogP contribution in [0.1, 0.15) is 16.8 Å². The molecule has 0 fully saturated rings. The Labute approximate surface area is 114 Å². The molecule has 2 aromatic rings. The number of nitrogens with zero attached hydrogens (tertiary/aromatic N) is 4. The van der Waals surface area contributed by atoms with Crippen LogP contribution in [0.5, 0.6) is 6.01 Å². The molecular weight excluding hydrogens is 266 g/mol. The van der Waals surface area contributed by atoms with E-state index in [4.69, 9.17) is 10.6 Å². The van der Waals surface area contributed by atoms with E-state index in [1.165, 1.54) is 0 Å². The average Bonchev–Trinajstić information content (AvgIpc) is 2.82. The molecule has 0 amide bonds. The topological polar surface area (TPSA) is 111 Å². The SMILES string of the molecule is CCOc1nc(NN)nc(NCc2cnc(C)s2)n1. The number of nitrogens with two attached hydrogens (primary N) is 1. The van der Waals surface area contributed by atoms with E-state index >= 15 is 0 Å². The molecule has 8 nitrogen and oxygen atoms in total. The van der Waals surface area contributed by atoms with Crippen LogP contribution in [0.25, 0.3) is 0 Å². The van der Waals surface area contributed by atoms with Crippen molar-refractivity contribution in [2.24, 2.45) is 5.84 Å². The number of nitrogens with one attached hydrogen (secondary N) is 2. The standard InChI is InChI=1S/C10H15N7OS/c1-3-18-10-15-8(14-9(16-10)17-11)13-5-7-4-12-6(2)19-7/h4H,3,5,11H2,1-2H3,(H2,13,14,15,16,17). The fraction of sp³-hybridized carbons (Fsp3) is 0.400. The molecule has 9 heteroatoms. The van der Waals surface area contributed by atoms with Crippen LogP contribution in [0.2, 0.25) is 0 Å². The molecule has 0 unspecified atom stereocenters. The van der Waals surface area contributed by atoms with Crippen molar-refractivity contribution in [3.63, 3.8) is 0 Å². The minimum atomic E-state index is 0.230. The summed E-state index contributed by atoms with van der Waals surface area (Å²) in [5, 5.41) is 4.10. The molecule has 0 aliphatic carbocycles. The Morgan fingerprint density at radius 3 is 2.74 bits per heavy atom. The van der Waals surface area contributed by atoms with Crippen molar-refractivity contribution in [3.8, 4) is 6.01 Å². The van der Waals surface area contributed by atoms with E-state index in [1.54, 1.807) is 11.3 Å². The van der Waals surface area contributed by atoms with Gasteiger partial charge in [-0.25, -0.2) is 10.8 Å². The van der Waals surface area contributed by atoms with E-state index < -0.39 is 0 Å². The second-order valence-corrected chi connectivity index (χ2v) is 4.86. The predicted octanol–water partition coefficient (Wildman–Crippen LogP) is 0.933. The fourth-order valence-corrected chi connectivity index (χ4v) is 2.08. The van der Waals surface area contributed by atoms with Gasteiger partial charge in [-0.2, -0.15) is 15.0 Å². The molecule has 19 heavy (non-hydrogen) atoms. The molecule has 0 atom stereocenters. The monoisotopic (exact) mass is 281 g/mol. The van der Waals surface area contributed by atoms with Gasteiger partial charge in [0.2, 0.25) is 11.9 Å². The Balaban J connectivity index is 2.08. The maximum Gasteiger partial charge on any atom is 0.323 e. The second-order valence-electron chi connectivity index (χ2n) is 3.54. The fourth-order valence-electron chi connectivity index (χ4n) is 1.35. The molecular formula is C10H15N7OS. The minimum absolute atomic E-state index is 0.230. The van der Waals surface area contributed by atoms with Gasteiger partial charge in [-0.1, -0.05) is 0 Å². The smallest absolute Gasteiger partial charge is 0.323 e. The van der Waals surface area contributed by atoms with Crippen molar-refractivity contribution in [1.82, 2.24) is 19.9 Å². The number of rotatable bonds is 6. The summed E-state index contributed by atoms with van der Waals surface area (Å²) in [5.41, 5.74) is 2.38. The Morgan fingerprint density at radius 2 is 2.11 bits per heavy atom.